The summed E-state index contributed by atoms with van der Waals surface area (Å²) in [5.41, 5.74) is 9.37. The van der Waals surface area contributed by atoms with Gasteiger partial charge >= 0.3 is 0 Å². The molecule has 1 aliphatic heterocycles. The molecule has 0 saturated heterocycles. The molecule has 0 amide bonds. The second-order valence-corrected chi connectivity index (χ2v) is 8.47. The number of phenols is 1. The molecule has 1 atom stereocenters. The molecule has 8 heteroatoms. The molecule has 0 bridgehead atoms. The van der Waals surface area contributed by atoms with E-state index in [1.54, 1.807) is 16.8 Å². The molecule has 4 rings (SSSR count). The number of aromatic nitrogens is 2. The number of hydrogen-bond acceptors (Lipinski definition) is 5. The van der Waals surface area contributed by atoms with Crippen LogP contribution in [0.5, 0.6) is 11.6 Å². The molecule has 2 aromatic carbocycles. The van der Waals surface area contributed by atoms with Crippen LogP contribution in [0.15, 0.2) is 62.9 Å². The number of aryl methyl sites for hydroxylation is 1. The Balaban J connectivity index is 1.92. The minimum Gasteiger partial charge on any atom is -0.506 e. The van der Waals surface area contributed by atoms with Gasteiger partial charge in [0.1, 0.15) is 17.4 Å². The molecule has 6 nitrogen and oxygen atoms in total. The molecule has 1 aliphatic rings. The predicted octanol–water partition coefficient (Wildman–Crippen LogP) is 4.69. The summed E-state index contributed by atoms with van der Waals surface area (Å²) in [6.45, 7) is 2.35. The van der Waals surface area contributed by atoms with Gasteiger partial charge in [-0.15, -0.1) is 0 Å². The van der Waals surface area contributed by atoms with Gasteiger partial charge in [-0.1, -0.05) is 46.3 Å². The zero-order chi connectivity index (χ0) is 20.7. The average Bonchev–Trinajstić information content (AvgIpc) is 2.99. The lowest BCUT2D eigenvalue weighted by Gasteiger charge is -2.26. The van der Waals surface area contributed by atoms with E-state index in [1.807, 2.05) is 37.3 Å². The number of nitrogens with two attached hydrogens (primary N) is 1. The molecule has 0 unspecified atom stereocenters. The van der Waals surface area contributed by atoms with Crippen molar-refractivity contribution in [3.63, 3.8) is 0 Å². The monoisotopic (exact) mass is 514 g/mol. The average molecular weight is 516 g/mol. The number of fused-ring (bicyclic) bond motifs is 1. The second-order valence-electron chi connectivity index (χ2n) is 6.70. The van der Waals surface area contributed by atoms with E-state index in [-0.39, 0.29) is 17.2 Å². The van der Waals surface area contributed by atoms with Gasteiger partial charge in [0, 0.05) is 10.0 Å². The van der Waals surface area contributed by atoms with E-state index in [2.05, 4.69) is 43.0 Å². The highest BCUT2D eigenvalue weighted by atomic mass is 79.9. The summed E-state index contributed by atoms with van der Waals surface area (Å²) in [4.78, 5) is 0. The van der Waals surface area contributed by atoms with Crippen LogP contribution in [-0.4, -0.2) is 14.9 Å². The maximum atomic E-state index is 10.7. The number of phenolic OH excluding ortho intramolecular Hbond substituents is 1. The Kier molecular flexibility index (Phi) is 5.11. The van der Waals surface area contributed by atoms with Crippen LogP contribution in [0.2, 0.25) is 0 Å². The SMILES string of the molecule is Cc1nn(Cc2ccccc2)c2c1[C@H](c1cc(Br)cc(Br)c1O)C(C#N)=C(N)O2. The third kappa shape index (κ3) is 3.41. The van der Waals surface area contributed by atoms with Gasteiger partial charge in [-0.25, -0.2) is 4.68 Å². The molecule has 3 aromatic rings. The van der Waals surface area contributed by atoms with Gasteiger partial charge in [0.2, 0.25) is 11.8 Å². The number of benzene rings is 2. The van der Waals surface area contributed by atoms with Gasteiger partial charge in [0.25, 0.3) is 0 Å². The standard InChI is InChI=1S/C21H16Br2N4O2/c1-11-17-18(14-7-13(22)8-16(23)19(14)28)15(9-24)20(25)29-21(17)27(26-11)10-12-5-3-2-4-6-12/h2-8,18,28H,10,25H2,1H3/t18-/m1/s1. The summed E-state index contributed by atoms with van der Waals surface area (Å²) in [6, 6.07) is 15.5. The number of ether oxygens (including phenoxy) is 1. The normalized spacial score (nSPS) is 15.6. The fourth-order valence-electron chi connectivity index (χ4n) is 3.56. The summed E-state index contributed by atoms with van der Waals surface area (Å²) >= 11 is 6.82. The first-order chi connectivity index (χ1) is 13.9. The Bertz CT molecular complexity index is 1180. The maximum absolute atomic E-state index is 10.7. The van der Waals surface area contributed by atoms with Crippen LogP contribution in [0.3, 0.4) is 0 Å². The van der Waals surface area contributed by atoms with Crippen molar-refractivity contribution in [2.75, 3.05) is 0 Å². The van der Waals surface area contributed by atoms with E-state index >= 15 is 0 Å². The van der Waals surface area contributed by atoms with Gasteiger partial charge < -0.3 is 15.6 Å². The molecule has 3 N–H and O–H groups in total. The Morgan fingerprint density at radius 2 is 2.00 bits per heavy atom. The lowest BCUT2D eigenvalue weighted by molar-refractivity contribution is 0.351. The highest BCUT2D eigenvalue weighted by molar-refractivity contribution is 9.11. The first-order valence-corrected chi connectivity index (χ1v) is 10.4. The summed E-state index contributed by atoms with van der Waals surface area (Å²) in [6.07, 6.45) is 0. The molecule has 1 aromatic heterocycles. The molecule has 0 aliphatic carbocycles. The van der Waals surface area contributed by atoms with Crippen LogP contribution < -0.4 is 10.5 Å². The first-order valence-electron chi connectivity index (χ1n) is 8.77. The Labute approximate surface area is 184 Å². The van der Waals surface area contributed by atoms with E-state index in [0.717, 1.165) is 10.0 Å². The molecule has 29 heavy (non-hydrogen) atoms. The van der Waals surface area contributed by atoms with E-state index < -0.39 is 5.92 Å². The summed E-state index contributed by atoms with van der Waals surface area (Å²) in [5.74, 6) is -0.0676. The van der Waals surface area contributed by atoms with Crippen LogP contribution in [-0.2, 0) is 6.54 Å². The zero-order valence-corrected chi connectivity index (χ0v) is 18.5. The third-order valence-electron chi connectivity index (χ3n) is 4.84. The van der Waals surface area contributed by atoms with Crippen LogP contribution in [0.1, 0.15) is 28.3 Å². The molecule has 0 saturated carbocycles. The topological polar surface area (TPSA) is 97.1 Å². The van der Waals surface area contributed by atoms with Crippen molar-refractivity contribution in [2.45, 2.75) is 19.4 Å². The molecular formula is C21H16Br2N4O2. The van der Waals surface area contributed by atoms with Crippen molar-refractivity contribution in [3.05, 3.63) is 85.3 Å². The lowest BCUT2D eigenvalue weighted by Crippen LogP contribution is -2.22. The minimum atomic E-state index is -0.595. The second kappa shape index (κ2) is 7.58. The number of hydrogen-bond donors (Lipinski definition) is 2. The highest BCUT2D eigenvalue weighted by Crippen LogP contribution is 2.48. The van der Waals surface area contributed by atoms with Crippen molar-refractivity contribution in [1.82, 2.24) is 9.78 Å². The molecular weight excluding hydrogens is 500 g/mol. The van der Waals surface area contributed by atoms with Crippen LogP contribution in [0.4, 0.5) is 0 Å². The number of allylic oxidation sites excluding steroid dienone is 1. The van der Waals surface area contributed by atoms with Crippen molar-refractivity contribution < 1.29 is 9.84 Å². The van der Waals surface area contributed by atoms with E-state index in [1.165, 1.54) is 0 Å². The minimum absolute atomic E-state index is 0.00899. The van der Waals surface area contributed by atoms with Gasteiger partial charge in [0.15, 0.2) is 0 Å². The van der Waals surface area contributed by atoms with Gasteiger partial charge in [-0.2, -0.15) is 10.4 Å². The summed E-state index contributed by atoms with van der Waals surface area (Å²) in [5, 5.41) is 25.1. The number of halogens is 2. The molecule has 0 spiro atoms. The number of rotatable bonds is 3. The van der Waals surface area contributed by atoms with Crippen molar-refractivity contribution in [2.24, 2.45) is 5.73 Å². The number of aromatic hydroxyl groups is 1. The third-order valence-corrected chi connectivity index (χ3v) is 5.90. The zero-order valence-electron chi connectivity index (χ0n) is 15.4. The Morgan fingerprint density at radius 3 is 2.69 bits per heavy atom. The molecule has 2 heterocycles. The predicted molar refractivity (Wildman–Crippen MR) is 115 cm³/mol. The van der Waals surface area contributed by atoms with Crippen molar-refractivity contribution >= 4 is 31.9 Å². The number of nitrogens with zero attached hydrogens (tertiary/aromatic N) is 3. The largest absolute Gasteiger partial charge is 0.506 e. The molecule has 0 radical (unpaired) electrons. The van der Waals surface area contributed by atoms with E-state index in [0.29, 0.717) is 33.7 Å². The lowest BCUT2D eigenvalue weighted by atomic mass is 9.83. The smallest absolute Gasteiger partial charge is 0.224 e. The van der Waals surface area contributed by atoms with Crippen LogP contribution in [0, 0.1) is 18.3 Å². The summed E-state index contributed by atoms with van der Waals surface area (Å²) < 4.78 is 8.85. The van der Waals surface area contributed by atoms with Crippen LogP contribution in [0.25, 0.3) is 0 Å². The fraction of sp³-hybridized carbons (Fsp3) is 0.143. The molecule has 146 valence electrons. The quantitative estimate of drug-likeness (QED) is 0.527. The summed E-state index contributed by atoms with van der Waals surface area (Å²) in [7, 11) is 0. The maximum Gasteiger partial charge on any atom is 0.224 e. The van der Waals surface area contributed by atoms with Crippen molar-refractivity contribution in [3.8, 4) is 17.7 Å². The fourth-order valence-corrected chi connectivity index (χ4v) is 4.82. The van der Waals surface area contributed by atoms with E-state index in [9.17, 15) is 10.4 Å². The number of nitriles is 1. The van der Waals surface area contributed by atoms with Crippen LogP contribution >= 0.6 is 31.9 Å². The highest BCUT2D eigenvalue weighted by Gasteiger charge is 2.37. The van der Waals surface area contributed by atoms with Crippen molar-refractivity contribution in [1.29, 1.82) is 5.26 Å². The van der Waals surface area contributed by atoms with E-state index in [4.69, 9.17) is 10.5 Å². The molecule has 0 fully saturated rings. The van der Waals surface area contributed by atoms with Gasteiger partial charge in [0.05, 0.1) is 28.2 Å². The van der Waals surface area contributed by atoms with Gasteiger partial charge in [-0.05, 0) is 40.5 Å². The Morgan fingerprint density at radius 1 is 1.28 bits per heavy atom. The van der Waals surface area contributed by atoms with Gasteiger partial charge in [-0.3, -0.25) is 0 Å². The Hall–Kier alpha value is -2.76. The first kappa shape index (κ1) is 19.6.